The van der Waals surface area contributed by atoms with Crippen LogP contribution < -0.4 is 10.2 Å². The Morgan fingerprint density at radius 1 is 1.08 bits per heavy atom. The van der Waals surface area contributed by atoms with E-state index in [-0.39, 0.29) is 12.6 Å². The van der Waals surface area contributed by atoms with Crippen molar-refractivity contribution in [1.82, 2.24) is 19.7 Å². The molecule has 0 spiro atoms. The lowest BCUT2D eigenvalue weighted by atomic mass is 9.99. The first-order chi connectivity index (χ1) is 18.6. The van der Waals surface area contributed by atoms with Gasteiger partial charge in [-0.3, -0.25) is 4.68 Å². The largest absolute Gasteiger partial charge is 0.389 e. The third-order valence-electron chi connectivity index (χ3n) is 7.42. The molecular formula is C28H33F3N6O2. The predicted octanol–water partition coefficient (Wildman–Crippen LogP) is 5.41. The van der Waals surface area contributed by atoms with Gasteiger partial charge >= 0.3 is 12.2 Å². The number of anilines is 2. The van der Waals surface area contributed by atoms with Crippen LogP contribution in [0.25, 0.3) is 22.5 Å². The number of halogens is 3. The van der Waals surface area contributed by atoms with E-state index in [1.807, 2.05) is 62.0 Å². The first-order valence-electron chi connectivity index (χ1n) is 13.2. The van der Waals surface area contributed by atoms with E-state index >= 15 is 0 Å². The number of aromatic nitrogens is 3. The molecule has 2 aliphatic heterocycles. The Hall–Kier alpha value is -3.60. The Labute approximate surface area is 225 Å². The Morgan fingerprint density at radius 2 is 1.85 bits per heavy atom. The normalized spacial score (nSPS) is 18.1. The minimum atomic E-state index is -4.22. The molecule has 4 heterocycles. The summed E-state index contributed by atoms with van der Waals surface area (Å²) in [5, 5.41) is 7.52. The number of hydrogen-bond acceptors (Lipinski definition) is 5. The van der Waals surface area contributed by atoms with Crippen LogP contribution >= 0.6 is 0 Å². The number of likely N-dealkylation sites (tertiary alicyclic amines) is 1. The first kappa shape index (κ1) is 27.0. The quantitative estimate of drug-likeness (QED) is 0.467. The van der Waals surface area contributed by atoms with Crippen LogP contribution in [0.3, 0.4) is 0 Å². The van der Waals surface area contributed by atoms with Gasteiger partial charge in [0.15, 0.2) is 0 Å². The van der Waals surface area contributed by atoms with Crippen LogP contribution in [-0.4, -0.2) is 71.3 Å². The van der Waals surface area contributed by atoms with E-state index in [1.54, 1.807) is 0 Å². The molecule has 0 bridgehead atoms. The van der Waals surface area contributed by atoms with Gasteiger partial charge in [0.25, 0.3) is 0 Å². The number of benzene rings is 1. The van der Waals surface area contributed by atoms with Crippen LogP contribution in [0.2, 0.25) is 0 Å². The number of carbonyl (C=O) groups is 1. The predicted molar refractivity (Wildman–Crippen MR) is 144 cm³/mol. The number of morpholine rings is 1. The monoisotopic (exact) mass is 542 g/mol. The highest BCUT2D eigenvalue weighted by Gasteiger charge is 2.36. The summed E-state index contributed by atoms with van der Waals surface area (Å²) < 4.78 is 45.7. The summed E-state index contributed by atoms with van der Waals surface area (Å²) in [5.41, 5.74) is 6.00. The molecule has 0 radical (unpaired) electrons. The highest BCUT2D eigenvalue weighted by molar-refractivity contribution is 5.91. The van der Waals surface area contributed by atoms with Crippen molar-refractivity contribution >= 4 is 17.5 Å². The molecule has 208 valence electrons. The first-order valence-corrected chi connectivity index (χ1v) is 13.2. The lowest BCUT2D eigenvalue weighted by Crippen LogP contribution is -2.36. The fourth-order valence-electron chi connectivity index (χ4n) is 5.17. The molecule has 1 N–H and O–H groups in total. The van der Waals surface area contributed by atoms with Crippen LogP contribution in [0.5, 0.6) is 0 Å². The average molecular weight is 543 g/mol. The molecular weight excluding hydrogens is 509 g/mol. The molecule has 5 rings (SSSR count). The molecule has 2 saturated heterocycles. The minimum absolute atomic E-state index is 0.101. The van der Waals surface area contributed by atoms with Gasteiger partial charge in [0.2, 0.25) is 0 Å². The molecule has 1 unspecified atom stereocenters. The van der Waals surface area contributed by atoms with Crippen LogP contribution in [0.15, 0.2) is 36.4 Å². The lowest BCUT2D eigenvalue weighted by Gasteiger charge is -2.28. The number of amides is 2. The maximum atomic E-state index is 12.9. The van der Waals surface area contributed by atoms with Crippen molar-refractivity contribution < 1.29 is 22.7 Å². The van der Waals surface area contributed by atoms with E-state index < -0.39 is 18.5 Å². The number of hydrogen-bond donors (Lipinski definition) is 1. The van der Waals surface area contributed by atoms with Crippen LogP contribution in [0.4, 0.5) is 29.5 Å². The summed E-state index contributed by atoms with van der Waals surface area (Å²) in [6, 6.07) is 11.3. The van der Waals surface area contributed by atoms with Crippen molar-refractivity contribution in [3.05, 3.63) is 47.7 Å². The van der Waals surface area contributed by atoms with Gasteiger partial charge in [-0.05, 0) is 73.2 Å². The molecule has 2 amide bonds. The zero-order chi connectivity index (χ0) is 27.7. The number of nitrogens with one attached hydrogen (secondary N) is 1. The molecule has 2 aliphatic rings. The third-order valence-corrected chi connectivity index (χ3v) is 7.42. The number of pyridine rings is 1. The van der Waals surface area contributed by atoms with Crippen LogP contribution in [0, 0.1) is 19.8 Å². The van der Waals surface area contributed by atoms with Crippen LogP contribution in [-0.2, 0) is 11.8 Å². The van der Waals surface area contributed by atoms with Gasteiger partial charge < -0.3 is 19.9 Å². The summed E-state index contributed by atoms with van der Waals surface area (Å²) in [6.45, 7) is 7.13. The SMILES string of the molecule is Cc1ccc(NC(=O)N2CCC(CC(F)(F)F)C2)cc1-c1cc(-c2cc(C)n(C)n2)nc(N2CCOCC2)c1. The second-order valence-corrected chi connectivity index (χ2v) is 10.4. The highest BCUT2D eigenvalue weighted by atomic mass is 19.4. The van der Waals surface area contributed by atoms with Crippen LogP contribution in [0.1, 0.15) is 24.1 Å². The Morgan fingerprint density at radius 3 is 2.54 bits per heavy atom. The van der Waals surface area contributed by atoms with Crippen molar-refractivity contribution in [3.63, 3.8) is 0 Å². The number of rotatable bonds is 5. The number of carbonyl (C=O) groups excluding carboxylic acids is 1. The molecule has 0 saturated carbocycles. The number of urea groups is 1. The van der Waals surface area contributed by atoms with Crippen molar-refractivity contribution in [1.29, 1.82) is 0 Å². The number of nitrogens with zero attached hydrogens (tertiary/aromatic N) is 5. The minimum Gasteiger partial charge on any atom is -0.378 e. The van der Waals surface area contributed by atoms with E-state index in [2.05, 4.69) is 15.3 Å². The average Bonchev–Trinajstić information content (AvgIpc) is 3.50. The van der Waals surface area contributed by atoms with Gasteiger partial charge in [-0.25, -0.2) is 9.78 Å². The summed E-state index contributed by atoms with van der Waals surface area (Å²) in [5.74, 6) is 0.268. The van der Waals surface area contributed by atoms with Gasteiger partial charge in [0.05, 0.1) is 18.9 Å². The van der Waals surface area contributed by atoms with Gasteiger partial charge in [0, 0.05) is 51.0 Å². The van der Waals surface area contributed by atoms with E-state index in [4.69, 9.17) is 9.72 Å². The fraction of sp³-hybridized carbons (Fsp3) is 0.464. The zero-order valence-corrected chi connectivity index (χ0v) is 22.4. The number of aryl methyl sites for hydroxylation is 3. The van der Waals surface area contributed by atoms with E-state index in [1.165, 1.54) is 4.90 Å². The van der Waals surface area contributed by atoms with Crippen molar-refractivity contribution in [2.75, 3.05) is 49.6 Å². The smallest absolute Gasteiger partial charge is 0.378 e. The third kappa shape index (κ3) is 6.35. The number of ether oxygens (including phenoxy) is 1. The summed E-state index contributed by atoms with van der Waals surface area (Å²) in [4.78, 5) is 21.5. The summed E-state index contributed by atoms with van der Waals surface area (Å²) in [7, 11) is 1.90. The molecule has 39 heavy (non-hydrogen) atoms. The maximum absolute atomic E-state index is 12.9. The fourth-order valence-corrected chi connectivity index (χ4v) is 5.17. The highest BCUT2D eigenvalue weighted by Crippen LogP contribution is 2.34. The second-order valence-electron chi connectivity index (χ2n) is 10.4. The Bertz CT molecular complexity index is 1330. The van der Waals surface area contributed by atoms with Gasteiger partial charge in [-0.15, -0.1) is 0 Å². The van der Waals surface area contributed by atoms with E-state index in [0.717, 1.165) is 52.7 Å². The second kappa shape index (κ2) is 10.9. The molecule has 0 aliphatic carbocycles. The molecule has 8 nitrogen and oxygen atoms in total. The van der Waals surface area contributed by atoms with Crippen molar-refractivity contribution in [2.45, 2.75) is 32.9 Å². The topological polar surface area (TPSA) is 75.5 Å². The molecule has 1 aromatic carbocycles. The summed E-state index contributed by atoms with van der Waals surface area (Å²) in [6.07, 6.45) is -4.74. The van der Waals surface area contributed by atoms with Gasteiger partial charge in [-0.1, -0.05) is 6.07 Å². The lowest BCUT2D eigenvalue weighted by molar-refractivity contribution is -0.143. The Kier molecular flexibility index (Phi) is 7.53. The Balaban J connectivity index is 1.42. The zero-order valence-electron chi connectivity index (χ0n) is 22.4. The molecule has 3 aromatic rings. The molecule has 2 aromatic heterocycles. The standard InChI is InChI=1S/C28H33F3N6O2/c1-18-4-5-22(32-27(38)37-7-6-20(17-37)16-28(29,30)31)15-23(18)21-13-24(25-12-19(2)35(3)34-25)33-26(14-21)36-8-10-39-11-9-36/h4-5,12-15,20H,6-11,16-17H2,1-3H3,(H,32,38). The van der Waals surface area contributed by atoms with Crippen molar-refractivity contribution in [3.8, 4) is 22.5 Å². The molecule has 2 fully saturated rings. The number of alkyl halides is 3. The maximum Gasteiger partial charge on any atom is 0.389 e. The molecule has 11 heteroatoms. The van der Waals surface area contributed by atoms with E-state index in [0.29, 0.717) is 31.9 Å². The van der Waals surface area contributed by atoms with Crippen molar-refractivity contribution in [2.24, 2.45) is 13.0 Å². The van der Waals surface area contributed by atoms with Gasteiger partial charge in [0.1, 0.15) is 11.5 Å². The van der Waals surface area contributed by atoms with Gasteiger partial charge in [-0.2, -0.15) is 18.3 Å². The van der Waals surface area contributed by atoms with E-state index in [9.17, 15) is 18.0 Å². The molecule has 1 atom stereocenters. The summed E-state index contributed by atoms with van der Waals surface area (Å²) >= 11 is 0.